The van der Waals surface area contributed by atoms with Gasteiger partial charge in [0.2, 0.25) is 11.8 Å². The number of amides is 2. The first-order valence-electron chi connectivity index (χ1n) is 7.69. The maximum atomic E-state index is 13.1. The molecule has 0 fully saturated rings. The van der Waals surface area contributed by atoms with Gasteiger partial charge in [0.25, 0.3) is 0 Å². The van der Waals surface area contributed by atoms with Crippen molar-refractivity contribution < 1.29 is 14.0 Å². The molecule has 6 heteroatoms. The molecule has 1 aliphatic heterocycles. The van der Waals surface area contributed by atoms with Gasteiger partial charge < -0.3 is 10.6 Å². The van der Waals surface area contributed by atoms with Crippen molar-refractivity contribution in [2.24, 2.45) is 0 Å². The van der Waals surface area contributed by atoms with Gasteiger partial charge in [-0.3, -0.25) is 9.59 Å². The molecule has 124 valence electrons. The van der Waals surface area contributed by atoms with Gasteiger partial charge in [-0.05, 0) is 36.2 Å². The summed E-state index contributed by atoms with van der Waals surface area (Å²) >= 11 is 1.40. The zero-order chi connectivity index (χ0) is 16.9. The Morgan fingerprint density at radius 2 is 2.04 bits per heavy atom. The summed E-state index contributed by atoms with van der Waals surface area (Å²) in [6.07, 6.45) is 0.671. The second kappa shape index (κ2) is 7.49. The van der Waals surface area contributed by atoms with Crippen LogP contribution >= 0.6 is 11.8 Å². The Kier molecular flexibility index (Phi) is 5.15. The lowest BCUT2D eigenvalue weighted by Crippen LogP contribution is -2.35. The Balaban J connectivity index is 1.49. The fourth-order valence-electron chi connectivity index (χ4n) is 2.51. The monoisotopic (exact) mass is 344 g/mol. The van der Waals surface area contributed by atoms with E-state index in [1.807, 2.05) is 30.3 Å². The average Bonchev–Trinajstić information content (AvgIpc) is 2.55. The van der Waals surface area contributed by atoms with Crippen LogP contribution in [0.5, 0.6) is 0 Å². The van der Waals surface area contributed by atoms with Gasteiger partial charge >= 0.3 is 0 Å². The number of hydrogen-bond donors (Lipinski definition) is 2. The van der Waals surface area contributed by atoms with Crippen molar-refractivity contribution in [1.82, 2.24) is 5.32 Å². The van der Waals surface area contributed by atoms with Gasteiger partial charge in [-0.15, -0.1) is 11.8 Å². The van der Waals surface area contributed by atoms with E-state index in [2.05, 4.69) is 10.6 Å². The van der Waals surface area contributed by atoms with Crippen molar-refractivity contribution in [3.63, 3.8) is 0 Å². The number of halogens is 1. The predicted molar refractivity (Wildman–Crippen MR) is 92.4 cm³/mol. The standard InChI is InChI=1S/C18H17FN2O2S/c19-13-5-3-4-12(10-13)8-9-20-17(22)11-16-18(23)21-14-6-1-2-7-15(14)24-16/h1-7,10,16H,8-9,11H2,(H,20,22)(H,21,23)/t16-/m1/s1. The summed E-state index contributed by atoms with van der Waals surface area (Å²) in [5.74, 6) is -0.620. The highest BCUT2D eigenvalue weighted by Crippen LogP contribution is 2.36. The molecule has 1 atom stereocenters. The summed E-state index contributed by atoms with van der Waals surface area (Å²) in [5.41, 5.74) is 1.62. The third kappa shape index (κ3) is 4.14. The predicted octanol–water partition coefficient (Wildman–Crippen LogP) is 2.99. The molecule has 2 aromatic rings. The quantitative estimate of drug-likeness (QED) is 0.877. The summed E-state index contributed by atoms with van der Waals surface area (Å²) in [5, 5.41) is 5.17. The largest absolute Gasteiger partial charge is 0.356 e. The van der Waals surface area contributed by atoms with Crippen molar-refractivity contribution >= 4 is 29.3 Å². The lowest BCUT2D eigenvalue weighted by atomic mass is 10.1. The van der Waals surface area contributed by atoms with E-state index in [4.69, 9.17) is 0 Å². The number of thioether (sulfide) groups is 1. The second-order valence-corrected chi connectivity index (χ2v) is 6.77. The van der Waals surface area contributed by atoms with Gasteiger partial charge in [-0.2, -0.15) is 0 Å². The van der Waals surface area contributed by atoms with Crippen LogP contribution in [0.1, 0.15) is 12.0 Å². The number of hydrogen-bond acceptors (Lipinski definition) is 3. The van der Waals surface area contributed by atoms with Gasteiger partial charge in [-0.1, -0.05) is 24.3 Å². The molecular weight excluding hydrogens is 327 g/mol. The van der Waals surface area contributed by atoms with Crippen LogP contribution in [0.25, 0.3) is 0 Å². The minimum Gasteiger partial charge on any atom is -0.356 e. The van der Waals surface area contributed by atoms with Crippen LogP contribution in [-0.4, -0.2) is 23.6 Å². The molecule has 0 spiro atoms. The number of para-hydroxylation sites is 1. The normalized spacial score (nSPS) is 16.2. The zero-order valence-corrected chi connectivity index (χ0v) is 13.7. The van der Waals surface area contributed by atoms with Gasteiger partial charge in [0.05, 0.1) is 10.9 Å². The van der Waals surface area contributed by atoms with Crippen LogP contribution in [0.4, 0.5) is 10.1 Å². The molecular formula is C18H17FN2O2S. The lowest BCUT2D eigenvalue weighted by Gasteiger charge is -2.23. The van der Waals surface area contributed by atoms with E-state index in [0.29, 0.717) is 13.0 Å². The van der Waals surface area contributed by atoms with Crippen LogP contribution in [0, 0.1) is 5.82 Å². The van der Waals surface area contributed by atoms with E-state index in [1.165, 1.54) is 23.9 Å². The summed E-state index contributed by atoms with van der Waals surface area (Å²) in [7, 11) is 0. The molecule has 0 bridgehead atoms. The van der Waals surface area contributed by atoms with E-state index in [1.54, 1.807) is 6.07 Å². The molecule has 0 aromatic heterocycles. The summed E-state index contributed by atoms with van der Waals surface area (Å²) < 4.78 is 13.1. The number of carbonyl (C=O) groups excluding carboxylic acids is 2. The zero-order valence-electron chi connectivity index (χ0n) is 12.9. The first kappa shape index (κ1) is 16.5. The Morgan fingerprint density at radius 3 is 2.88 bits per heavy atom. The number of carbonyl (C=O) groups is 2. The first-order chi connectivity index (χ1) is 11.6. The molecule has 3 rings (SSSR count). The maximum absolute atomic E-state index is 13.1. The molecule has 2 amide bonds. The van der Waals surface area contributed by atoms with Crippen LogP contribution in [0.3, 0.4) is 0 Å². The number of fused-ring (bicyclic) bond motifs is 1. The van der Waals surface area contributed by atoms with Crippen molar-refractivity contribution in [2.75, 3.05) is 11.9 Å². The van der Waals surface area contributed by atoms with E-state index in [9.17, 15) is 14.0 Å². The molecule has 2 aromatic carbocycles. The molecule has 0 aliphatic carbocycles. The Labute approximate surface area is 143 Å². The van der Waals surface area contributed by atoms with Crippen LogP contribution < -0.4 is 10.6 Å². The van der Waals surface area contributed by atoms with E-state index < -0.39 is 5.25 Å². The second-order valence-electron chi connectivity index (χ2n) is 5.53. The fraction of sp³-hybridized carbons (Fsp3) is 0.222. The Morgan fingerprint density at radius 1 is 1.21 bits per heavy atom. The molecule has 1 heterocycles. The van der Waals surface area contributed by atoms with Gasteiger partial charge in [0.1, 0.15) is 5.82 Å². The number of nitrogens with one attached hydrogen (secondary N) is 2. The van der Waals surface area contributed by atoms with Crippen LogP contribution in [0.2, 0.25) is 0 Å². The number of benzene rings is 2. The number of rotatable bonds is 5. The van der Waals surface area contributed by atoms with Crippen molar-refractivity contribution in [1.29, 1.82) is 0 Å². The minimum atomic E-state index is -0.436. The molecule has 0 saturated carbocycles. The Bertz CT molecular complexity index is 766. The third-order valence-electron chi connectivity index (χ3n) is 3.70. The topological polar surface area (TPSA) is 58.2 Å². The van der Waals surface area contributed by atoms with Gasteiger partial charge in [0.15, 0.2) is 0 Å². The average molecular weight is 344 g/mol. The summed E-state index contributed by atoms with van der Waals surface area (Å²) in [6.45, 7) is 0.415. The molecule has 1 aliphatic rings. The molecule has 4 nitrogen and oxygen atoms in total. The SMILES string of the molecule is O=C(C[C@H]1Sc2ccccc2NC1=O)NCCc1cccc(F)c1. The first-order valence-corrected chi connectivity index (χ1v) is 8.57. The third-order valence-corrected chi connectivity index (χ3v) is 4.98. The van der Waals surface area contributed by atoms with Gasteiger partial charge in [0, 0.05) is 17.9 Å². The Hall–Kier alpha value is -2.34. The van der Waals surface area contributed by atoms with Gasteiger partial charge in [-0.25, -0.2) is 4.39 Å². The van der Waals surface area contributed by atoms with Crippen LogP contribution in [0.15, 0.2) is 53.4 Å². The van der Waals surface area contributed by atoms with Crippen LogP contribution in [-0.2, 0) is 16.0 Å². The summed E-state index contributed by atoms with van der Waals surface area (Å²) in [4.78, 5) is 25.1. The van der Waals surface area contributed by atoms with E-state index in [0.717, 1.165) is 16.1 Å². The molecule has 2 N–H and O–H groups in total. The molecule has 0 saturated heterocycles. The van der Waals surface area contributed by atoms with Crippen molar-refractivity contribution in [3.05, 3.63) is 59.9 Å². The highest BCUT2D eigenvalue weighted by atomic mass is 32.2. The highest BCUT2D eigenvalue weighted by Gasteiger charge is 2.28. The van der Waals surface area contributed by atoms with Crippen molar-refractivity contribution in [3.8, 4) is 0 Å². The molecule has 0 radical (unpaired) electrons. The fourth-order valence-corrected chi connectivity index (χ4v) is 3.62. The van der Waals surface area contributed by atoms with Crippen molar-refractivity contribution in [2.45, 2.75) is 23.0 Å². The molecule has 24 heavy (non-hydrogen) atoms. The smallest absolute Gasteiger partial charge is 0.238 e. The van der Waals surface area contributed by atoms with E-state index >= 15 is 0 Å². The minimum absolute atomic E-state index is 0.119. The highest BCUT2D eigenvalue weighted by molar-refractivity contribution is 8.01. The lowest BCUT2D eigenvalue weighted by molar-refractivity contribution is -0.124. The maximum Gasteiger partial charge on any atom is 0.238 e. The van der Waals surface area contributed by atoms with E-state index in [-0.39, 0.29) is 24.1 Å². The number of anilines is 1. The molecule has 0 unspecified atom stereocenters. The summed E-state index contributed by atoms with van der Waals surface area (Å²) in [6, 6.07) is 13.8.